The van der Waals surface area contributed by atoms with E-state index in [0.29, 0.717) is 5.56 Å². The first kappa shape index (κ1) is 9.17. The molecule has 1 N–H and O–H groups in total. The lowest BCUT2D eigenvalue weighted by Crippen LogP contribution is -2.13. The van der Waals surface area contributed by atoms with E-state index in [1.807, 2.05) is 6.07 Å². The van der Waals surface area contributed by atoms with Crippen LogP contribution in [0.5, 0.6) is 0 Å². The summed E-state index contributed by atoms with van der Waals surface area (Å²) in [6.07, 6.45) is 2.14. The fourth-order valence-corrected chi connectivity index (χ4v) is 1.85. The minimum absolute atomic E-state index is 0.220. The van der Waals surface area contributed by atoms with Crippen molar-refractivity contribution >= 4 is 0 Å². The molecule has 0 spiro atoms. The molecule has 0 bridgehead atoms. The predicted octanol–water partition coefficient (Wildman–Crippen LogP) is 2.12. The Bertz CT molecular complexity index is 375. The van der Waals surface area contributed by atoms with Gasteiger partial charge in [-0.15, -0.1) is 0 Å². The third kappa shape index (κ3) is 1.75. The van der Waals surface area contributed by atoms with Crippen molar-refractivity contribution < 1.29 is 4.39 Å². The lowest BCUT2D eigenvalue weighted by Gasteiger charge is -2.10. The zero-order valence-corrected chi connectivity index (χ0v) is 7.76. The second-order valence-corrected chi connectivity index (χ2v) is 3.53. The monoisotopic (exact) mass is 190 g/mol. The summed E-state index contributed by atoms with van der Waals surface area (Å²) < 4.78 is 13.1. The second-order valence-electron chi connectivity index (χ2n) is 3.53. The molecular weight excluding hydrogens is 179 g/mol. The number of hydrogen-bond donors (Lipinski definition) is 1. The molecule has 2 rings (SSSR count). The highest BCUT2D eigenvalue weighted by molar-refractivity contribution is 5.35. The molecule has 0 aliphatic carbocycles. The Hall–Kier alpha value is -1.40. The summed E-state index contributed by atoms with van der Waals surface area (Å²) in [6.45, 7) is 0.975. The minimum Gasteiger partial charge on any atom is -0.310 e. The molecule has 1 heterocycles. The Morgan fingerprint density at radius 1 is 1.43 bits per heavy atom. The second kappa shape index (κ2) is 3.77. The molecular formula is C11H11FN2. The number of nitrogens with one attached hydrogen (secondary N) is 1. The molecule has 1 fully saturated rings. The Morgan fingerprint density at radius 2 is 2.29 bits per heavy atom. The van der Waals surface area contributed by atoms with E-state index in [2.05, 4.69) is 5.32 Å². The van der Waals surface area contributed by atoms with E-state index in [9.17, 15) is 4.39 Å². The Kier molecular flexibility index (Phi) is 2.47. The van der Waals surface area contributed by atoms with Crippen molar-refractivity contribution in [2.45, 2.75) is 18.9 Å². The highest BCUT2D eigenvalue weighted by atomic mass is 19.1. The standard InChI is InChI=1S/C11H11FN2/c12-10-5-8(7-13)4-9(6-10)11-2-1-3-14-11/h4-6,11,14H,1-3H2/t11-/m0/s1. The van der Waals surface area contributed by atoms with Gasteiger partial charge in [-0.25, -0.2) is 4.39 Å². The van der Waals surface area contributed by atoms with Crippen LogP contribution >= 0.6 is 0 Å². The van der Waals surface area contributed by atoms with Crippen LogP contribution in [0.25, 0.3) is 0 Å². The van der Waals surface area contributed by atoms with Crippen molar-refractivity contribution in [3.63, 3.8) is 0 Å². The molecule has 1 aromatic rings. The summed E-state index contributed by atoms with van der Waals surface area (Å²) in [5.41, 5.74) is 1.28. The van der Waals surface area contributed by atoms with Crippen LogP contribution in [0.1, 0.15) is 30.0 Å². The molecule has 1 atom stereocenters. The van der Waals surface area contributed by atoms with Crippen LogP contribution in [0.15, 0.2) is 18.2 Å². The van der Waals surface area contributed by atoms with Crippen molar-refractivity contribution in [1.29, 1.82) is 5.26 Å². The summed E-state index contributed by atoms with van der Waals surface area (Å²) >= 11 is 0. The first-order valence-electron chi connectivity index (χ1n) is 4.73. The summed E-state index contributed by atoms with van der Waals surface area (Å²) in [4.78, 5) is 0. The lowest BCUT2D eigenvalue weighted by atomic mass is 10.0. The zero-order valence-electron chi connectivity index (χ0n) is 7.76. The fraction of sp³-hybridized carbons (Fsp3) is 0.364. The average molecular weight is 190 g/mol. The fourth-order valence-electron chi connectivity index (χ4n) is 1.85. The molecule has 14 heavy (non-hydrogen) atoms. The smallest absolute Gasteiger partial charge is 0.124 e. The molecule has 1 aliphatic heterocycles. The van der Waals surface area contributed by atoms with Crippen molar-refractivity contribution in [1.82, 2.24) is 5.32 Å². The quantitative estimate of drug-likeness (QED) is 0.736. The van der Waals surface area contributed by atoms with Crippen LogP contribution in [-0.4, -0.2) is 6.54 Å². The summed E-state index contributed by atoms with van der Waals surface area (Å²) in [5.74, 6) is -0.326. The number of halogens is 1. The topological polar surface area (TPSA) is 35.8 Å². The maximum atomic E-state index is 13.1. The first-order chi connectivity index (χ1) is 6.79. The summed E-state index contributed by atoms with van der Waals surface area (Å²) in [6, 6.07) is 6.71. The van der Waals surface area contributed by atoms with Gasteiger partial charge in [-0.1, -0.05) is 0 Å². The molecule has 0 amide bonds. The predicted molar refractivity (Wildman–Crippen MR) is 51.1 cm³/mol. The number of rotatable bonds is 1. The van der Waals surface area contributed by atoms with Crippen LogP contribution in [0, 0.1) is 17.1 Å². The van der Waals surface area contributed by atoms with E-state index in [1.54, 1.807) is 6.07 Å². The van der Waals surface area contributed by atoms with Crippen molar-refractivity contribution in [3.05, 3.63) is 35.1 Å². The van der Waals surface area contributed by atoms with E-state index in [1.165, 1.54) is 12.1 Å². The van der Waals surface area contributed by atoms with Gasteiger partial charge in [0.15, 0.2) is 0 Å². The lowest BCUT2D eigenvalue weighted by molar-refractivity contribution is 0.606. The molecule has 2 nitrogen and oxygen atoms in total. The van der Waals surface area contributed by atoms with Crippen LogP contribution in [0.2, 0.25) is 0 Å². The molecule has 0 aromatic heterocycles. The van der Waals surface area contributed by atoms with Gasteiger partial charge in [-0.2, -0.15) is 5.26 Å². The molecule has 0 saturated carbocycles. The average Bonchev–Trinajstić information content (AvgIpc) is 2.69. The first-order valence-corrected chi connectivity index (χ1v) is 4.73. The SMILES string of the molecule is N#Cc1cc(F)cc([C@@H]2CCCN2)c1. The minimum atomic E-state index is -0.326. The molecule has 0 radical (unpaired) electrons. The van der Waals surface area contributed by atoms with E-state index < -0.39 is 0 Å². The Morgan fingerprint density at radius 3 is 2.93 bits per heavy atom. The Labute approximate surface area is 82.4 Å². The van der Waals surface area contributed by atoms with Gasteiger partial charge in [0, 0.05) is 6.04 Å². The molecule has 72 valence electrons. The summed E-state index contributed by atoms with van der Waals surface area (Å²) in [5, 5.41) is 12.0. The van der Waals surface area contributed by atoms with Crippen LogP contribution in [0.3, 0.4) is 0 Å². The van der Waals surface area contributed by atoms with E-state index in [0.717, 1.165) is 24.9 Å². The highest BCUT2D eigenvalue weighted by Gasteiger charge is 2.17. The van der Waals surface area contributed by atoms with Crippen LogP contribution in [-0.2, 0) is 0 Å². The molecule has 1 aliphatic rings. The molecule has 3 heteroatoms. The van der Waals surface area contributed by atoms with Crippen LogP contribution in [0.4, 0.5) is 4.39 Å². The van der Waals surface area contributed by atoms with E-state index in [4.69, 9.17) is 5.26 Å². The third-order valence-electron chi connectivity index (χ3n) is 2.51. The van der Waals surface area contributed by atoms with Gasteiger partial charge in [-0.05, 0) is 43.1 Å². The summed E-state index contributed by atoms with van der Waals surface area (Å²) in [7, 11) is 0. The number of nitriles is 1. The van der Waals surface area contributed by atoms with Gasteiger partial charge in [0.2, 0.25) is 0 Å². The highest BCUT2D eigenvalue weighted by Crippen LogP contribution is 2.24. The number of nitrogens with zero attached hydrogens (tertiary/aromatic N) is 1. The zero-order chi connectivity index (χ0) is 9.97. The van der Waals surface area contributed by atoms with Crippen molar-refractivity contribution in [3.8, 4) is 6.07 Å². The molecule has 1 aromatic carbocycles. The Balaban J connectivity index is 2.33. The number of benzene rings is 1. The normalized spacial score (nSPS) is 20.7. The molecule has 0 unspecified atom stereocenters. The van der Waals surface area contributed by atoms with Gasteiger partial charge in [-0.3, -0.25) is 0 Å². The maximum Gasteiger partial charge on any atom is 0.124 e. The van der Waals surface area contributed by atoms with Crippen molar-refractivity contribution in [2.75, 3.05) is 6.54 Å². The van der Waals surface area contributed by atoms with Gasteiger partial charge >= 0.3 is 0 Å². The van der Waals surface area contributed by atoms with Gasteiger partial charge in [0.25, 0.3) is 0 Å². The van der Waals surface area contributed by atoms with Gasteiger partial charge < -0.3 is 5.32 Å². The van der Waals surface area contributed by atoms with Crippen molar-refractivity contribution in [2.24, 2.45) is 0 Å². The molecule has 1 saturated heterocycles. The van der Waals surface area contributed by atoms with E-state index in [-0.39, 0.29) is 11.9 Å². The van der Waals surface area contributed by atoms with Gasteiger partial charge in [0.1, 0.15) is 5.82 Å². The van der Waals surface area contributed by atoms with Crippen LogP contribution < -0.4 is 5.32 Å². The largest absolute Gasteiger partial charge is 0.310 e. The number of hydrogen-bond acceptors (Lipinski definition) is 2. The van der Waals surface area contributed by atoms with Gasteiger partial charge in [0.05, 0.1) is 11.6 Å². The maximum absolute atomic E-state index is 13.1. The third-order valence-corrected chi connectivity index (χ3v) is 2.51. The van der Waals surface area contributed by atoms with E-state index >= 15 is 0 Å².